The number of benzene rings is 1. The van der Waals surface area contributed by atoms with E-state index >= 15 is 0 Å². The molecule has 0 radical (unpaired) electrons. The van der Waals surface area contributed by atoms with Gasteiger partial charge >= 0.3 is 0 Å². The normalized spacial score (nSPS) is 10.7. The minimum atomic E-state index is 0.281. The maximum Gasteiger partial charge on any atom is 0.172 e. The molecule has 2 rings (SSSR count). The SMILES string of the molecule is CC(C)c1ccc(COc2cc(Br)cnc2C=O)cc1Cl. The van der Waals surface area contributed by atoms with Gasteiger partial charge in [-0.1, -0.05) is 37.6 Å². The van der Waals surface area contributed by atoms with E-state index in [9.17, 15) is 4.79 Å². The van der Waals surface area contributed by atoms with Crippen LogP contribution in [-0.4, -0.2) is 11.3 Å². The highest BCUT2D eigenvalue weighted by Gasteiger charge is 2.08. The second-order valence-electron chi connectivity index (χ2n) is 4.95. The molecule has 0 saturated heterocycles. The zero-order chi connectivity index (χ0) is 15.4. The van der Waals surface area contributed by atoms with Gasteiger partial charge in [0.15, 0.2) is 6.29 Å². The van der Waals surface area contributed by atoms with E-state index in [0.717, 1.165) is 20.6 Å². The first kappa shape index (κ1) is 16.0. The third-order valence-electron chi connectivity index (χ3n) is 3.04. The number of nitrogens with zero attached hydrogens (tertiary/aromatic N) is 1. The Morgan fingerprint density at radius 1 is 1.38 bits per heavy atom. The zero-order valence-electron chi connectivity index (χ0n) is 11.8. The molecule has 5 heteroatoms. The number of ether oxygens (including phenoxy) is 1. The lowest BCUT2D eigenvalue weighted by Crippen LogP contribution is -2.01. The molecule has 21 heavy (non-hydrogen) atoms. The van der Waals surface area contributed by atoms with Crippen molar-refractivity contribution < 1.29 is 9.53 Å². The van der Waals surface area contributed by atoms with Gasteiger partial charge in [-0.05, 0) is 45.1 Å². The number of pyridine rings is 1. The first-order chi connectivity index (χ1) is 10.0. The lowest BCUT2D eigenvalue weighted by atomic mass is 10.0. The van der Waals surface area contributed by atoms with Crippen LogP contribution in [0.15, 0.2) is 34.9 Å². The first-order valence-electron chi connectivity index (χ1n) is 6.53. The minimum absolute atomic E-state index is 0.281. The molecule has 1 aromatic heterocycles. The number of carbonyl (C=O) groups excluding carboxylic acids is 1. The minimum Gasteiger partial charge on any atom is -0.486 e. The molecule has 0 aliphatic rings. The maximum absolute atomic E-state index is 10.9. The summed E-state index contributed by atoms with van der Waals surface area (Å²) in [5, 5.41) is 0.731. The number of aromatic nitrogens is 1. The summed E-state index contributed by atoms with van der Waals surface area (Å²) in [4.78, 5) is 14.9. The van der Waals surface area contributed by atoms with Crippen molar-refractivity contribution in [1.82, 2.24) is 4.98 Å². The molecule has 0 fully saturated rings. The van der Waals surface area contributed by atoms with E-state index in [1.54, 1.807) is 12.3 Å². The number of hydrogen-bond donors (Lipinski definition) is 0. The zero-order valence-corrected chi connectivity index (χ0v) is 14.1. The average molecular weight is 369 g/mol. The average Bonchev–Trinajstić information content (AvgIpc) is 2.45. The van der Waals surface area contributed by atoms with Gasteiger partial charge in [0.25, 0.3) is 0 Å². The second kappa shape index (κ2) is 7.05. The Balaban J connectivity index is 2.15. The Bertz CT molecular complexity index is 659. The molecule has 0 aliphatic heterocycles. The van der Waals surface area contributed by atoms with Gasteiger partial charge in [-0.2, -0.15) is 0 Å². The molecule has 2 aromatic rings. The van der Waals surface area contributed by atoms with Crippen LogP contribution in [0.3, 0.4) is 0 Å². The van der Waals surface area contributed by atoms with E-state index in [2.05, 4.69) is 34.8 Å². The van der Waals surface area contributed by atoms with Crippen molar-refractivity contribution in [2.45, 2.75) is 26.4 Å². The Labute approximate surface area is 137 Å². The molecule has 0 N–H and O–H groups in total. The molecule has 0 aliphatic carbocycles. The monoisotopic (exact) mass is 367 g/mol. The Hall–Kier alpha value is -1.39. The maximum atomic E-state index is 10.9. The van der Waals surface area contributed by atoms with Crippen molar-refractivity contribution in [2.24, 2.45) is 0 Å². The van der Waals surface area contributed by atoms with Crippen LogP contribution in [0.2, 0.25) is 5.02 Å². The number of hydrogen-bond acceptors (Lipinski definition) is 3. The van der Waals surface area contributed by atoms with E-state index in [0.29, 0.717) is 24.6 Å². The Kier molecular flexibility index (Phi) is 5.37. The number of rotatable bonds is 5. The third-order valence-corrected chi connectivity index (χ3v) is 3.80. The summed E-state index contributed by atoms with van der Waals surface area (Å²) >= 11 is 9.57. The summed E-state index contributed by atoms with van der Waals surface area (Å²) in [6, 6.07) is 7.60. The van der Waals surface area contributed by atoms with E-state index < -0.39 is 0 Å². The summed E-state index contributed by atoms with van der Waals surface area (Å²) in [6.45, 7) is 4.53. The van der Waals surface area contributed by atoms with Gasteiger partial charge in [0, 0.05) is 15.7 Å². The summed E-state index contributed by atoms with van der Waals surface area (Å²) in [5.74, 6) is 0.826. The fourth-order valence-electron chi connectivity index (χ4n) is 1.93. The number of halogens is 2. The smallest absolute Gasteiger partial charge is 0.172 e. The first-order valence-corrected chi connectivity index (χ1v) is 7.70. The molecule has 0 atom stereocenters. The van der Waals surface area contributed by atoms with Crippen molar-refractivity contribution in [2.75, 3.05) is 0 Å². The molecule has 0 amide bonds. The van der Waals surface area contributed by atoms with E-state index in [1.165, 1.54) is 0 Å². The van der Waals surface area contributed by atoms with Crippen LogP contribution in [0.4, 0.5) is 0 Å². The molecular formula is C16H15BrClNO2. The molecule has 1 aromatic carbocycles. The van der Waals surface area contributed by atoms with Crippen molar-refractivity contribution in [3.05, 3.63) is 56.8 Å². The lowest BCUT2D eigenvalue weighted by Gasteiger charge is -2.12. The molecule has 0 saturated carbocycles. The highest BCUT2D eigenvalue weighted by molar-refractivity contribution is 9.10. The lowest BCUT2D eigenvalue weighted by molar-refractivity contribution is 0.111. The van der Waals surface area contributed by atoms with Crippen LogP contribution < -0.4 is 4.74 Å². The van der Waals surface area contributed by atoms with Crippen LogP contribution in [0, 0.1) is 0 Å². The van der Waals surface area contributed by atoms with Crippen molar-refractivity contribution in [1.29, 1.82) is 0 Å². The van der Waals surface area contributed by atoms with Gasteiger partial charge in [0.1, 0.15) is 18.1 Å². The fourth-order valence-corrected chi connectivity index (χ4v) is 2.66. The predicted octanol–water partition coefficient (Wildman–Crippen LogP) is 5.01. The van der Waals surface area contributed by atoms with E-state index in [4.69, 9.17) is 16.3 Å². The quantitative estimate of drug-likeness (QED) is 0.696. The van der Waals surface area contributed by atoms with E-state index in [1.807, 2.05) is 18.2 Å². The fraction of sp³-hybridized carbons (Fsp3) is 0.250. The Morgan fingerprint density at radius 2 is 2.14 bits per heavy atom. The molecular weight excluding hydrogens is 354 g/mol. The summed E-state index contributed by atoms with van der Waals surface area (Å²) in [6.07, 6.45) is 2.24. The van der Waals surface area contributed by atoms with E-state index in [-0.39, 0.29) is 5.69 Å². The van der Waals surface area contributed by atoms with Crippen LogP contribution in [0.1, 0.15) is 41.4 Å². The van der Waals surface area contributed by atoms with Crippen LogP contribution >= 0.6 is 27.5 Å². The standard InChI is InChI=1S/C16H15BrClNO2/c1-10(2)13-4-3-11(5-14(13)18)9-21-16-6-12(17)7-19-15(16)8-20/h3-8,10H,9H2,1-2H3. The van der Waals surface area contributed by atoms with Gasteiger partial charge in [-0.15, -0.1) is 0 Å². The van der Waals surface area contributed by atoms with Crippen molar-refractivity contribution >= 4 is 33.8 Å². The molecule has 3 nitrogen and oxygen atoms in total. The van der Waals surface area contributed by atoms with Crippen LogP contribution in [0.5, 0.6) is 5.75 Å². The van der Waals surface area contributed by atoms with Gasteiger partial charge in [-0.3, -0.25) is 4.79 Å². The molecule has 1 heterocycles. The van der Waals surface area contributed by atoms with Crippen molar-refractivity contribution in [3.63, 3.8) is 0 Å². The van der Waals surface area contributed by atoms with Gasteiger partial charge in [0.05, 0.1) is 0 Å². The Morgan fingerprint density at radius 3 is 2.76 bits per heavy atom. The summed E-state index contributed by atoms with van der Waals surface area (Å²) < 4.78 is 6.43. The largest absolute Gasteiger partial charge is 0.486 e. The molecule has 110 valence electrons. The van der Waals surface area contributed by atoms with Crippen LogP contribution in [0.25, 0.3) is 0 Å². The predicted molar refractivity (Wildman–Crippen MR) is 87.2 cm³/mol. The number of aldehydes is 1. The summed E-state index contributed by atoms with van der Waals surface area (Å²) in [7, 11) is 0. The highest BCUT2D eigenvalue weighted by atomic mass is 79.9. The summed E-state index contributed by atoms with van der Waals surface area (Å²) in [5.41, 5.74) is 2.34. The highest BCUT2D eigenvalue weighted by Crippen LogP contribution is 2.26. The number of carbonyl (C=O) groups is 1. The third kappa shape index (κ3) is 4.05. The van der Waals surface area contributed by atoms with Gasteiger partial charge < -0.3 is 4.74 Å². The molecule has 0 bridgehead atoms. The van der Waals surface area contributed by atoms with Crippen molar-refractivity contribution in [3.8, 4) is 5.75 Å². The second-order valence-corrected chi connectivity index (χ2v) is 6.28. The topological polar surface area (TPSA) is 39.2 Å². The van der Waals surface area contributed by atoms with Gasteiger partial charge in [0.2, 0.25) is 0 Å². The van der Waals surface area contributed by atoms with Gasteiger partial charge in [-0.25, -0.2) is 4.98 Å². The molecule has 0 spiro atoms. The van der Waals surface area contributed by atoms with Crippen LogP contribution in [-0.2, 0) is 6.61 Å². The molecule has 0 unspecified atom stereocenters.